The van der Waals surface area contributed by atoms with E-state index in [1.165, 1.54) is 5.70 Å². The first-order valence-corrected chi connectivity index (χ1v) is 7.08. The molecule has 1 N–H and O–H groups in total. The Bertz CT molecular complexity index is 801. The molecule has 5 nitrogen and oxygen atoms in total. The van der Waals surface area contributed by atoms with Gasteiger partial charge < -0.3 is 14.6 Å². The van der Waals surface area contributed by atoms with Crippen LogP contribution in [-0.2, 0) is 13.0 Å². The average molecular weight is 281 g/mol. The summed E-state index contributed by atoms with van der Waals surface area (Å²) in [7, 11) is 0. The van der Waals surface area contributed by atoms with Crippen LogP contribution in [-0.4, -0.2) is 38.6 Å². The Labute approximate surface area is 121 Å². The van der Waals surface area contributed by atoms with Gasteiger partial charge in [0.25, 0.3) is 0 Å². The van der Waals surface area contributed by atoms with Crippen molar-refractivity contribution in [3.63, 3.8) is 0 Å². The first kappa shape index (κ1) is 12.2. The van der Waals surface area contributed by atoms with E-state index in [0.29, 0.717) is 5.56 Å². The minimum atomic E-state index is -0.896. The van der Waals surface area contributed by atoms with Gasteiger partial charge in [-0.1, -0.05) is 6.08 Å². The van der Waals surface area contributed by atoms with Crippen LogP contribution in [0.15, 0.2) is 42.1 Å². The molecule has 0 bridgehead atoms. The fourth-order valence-electron chi connectivity index (χ4n) is 2.96. The number of aromatic nitrogens is 2. The summed E-state index contributed by atoms with van der Waals surface area (Å²) in [5.41, 5.74) is 3.39. The molecule has 0 unspecified atom stereocenters. The highest BCUT2D eigenvalue weighted by atomic mass is 16.4. The van der Waals surface area contributed by atoms with E-state index in [1.807, 2.05) is 6.08 Å². The zero-order valence-corrected chi connectivity index (χ0v) is 11.5. The van der Waals surface area contributed by atoms with Crippen molar-refractivity contribution in [3.05, 3.63) is 53.5 Å². The van der Waals surface area contributed by atoms with Crippen LogP contribution in [0.1, 0.15) is 16.2 Å². The Morgan fingerprint density at radius 3 is 2.81 bits per heavy atom. The summed E-state index contributed by atoms with van der Waals surface area (Å²) >= 11 is 0. The normalized spacial score (nSPS) is 17.1. The molecule has 21 heavy (non-hydrogen) atoms. The molecule has 0 spiro atoms. The van der Waals surface area contributed by atoms with Crippen molar-refractivity contribution in [2.24, 2.45) is 0 Å². The van der Waals surface area contributed by atoms with Gasteiger partial charge >= 0.3 is 5.97 Å². The third kappa shape index (κ3) is 1.93. The summed E-state index contributed by atoms with van der Waals surface area (Å²) < 4.78 is 2.16. The third-order valence-electron chi connectivity index (χ3n) is 4.17. The number of imidazole rings is 1. The van der Waals surface area contributed by atoms with Gasteiger partial charge in [-0.3, -0.25) is 0 Å². The van der Waals surface area contributed by atoms with Crippen LogP contribution in [0.25, 0.3) is 11.0 Å². The maximum absolute atomic E-state index is 11.1. The van der Waals surface area contributed by atoms with Gasteiger partial charge in [-0.15, -0.1) is 0 Å². The summed E-state index contributed by atoms with van der Waals surface area (Å²) in [6.45, 7) is 2.71. The van der Waals surface area contributed by atoms with Gasteiger partial charge in [-0.2, -0.15) is 0 Å². The maximum atomic E-state index is 11.1. The largest absolute Gasteiger partial charge is 0.478 e. The zero-order chi connectivity index (χ0) is 14.4. The van der Waals surface area contributed by atoms with Gasteiger partial charge in [0.15, 0.2) is 0 Å². The molecular weight excluding hydrogens is 266 g/mol. The van der Waals surface area contributed by atoms with Crippen LogP contribution in [0.4, 0.5) is 0 Å². The number of allylic oxidation sites excluding steroid dienone is 3. The average Bonchev–Trinajstić information content (AvgIpc) is 2.64. The second-order valence-corrected chi connectivity index (χ2v) is 5.38. The molecule has 1 aliphatic carbocycles. The summed E-state index contributed by atoms with van der Waals surface area (Å²) in [6.07, 6.45) is 7.17. The lowest BCUT2D eigenvalue weighted by Crippen LogP contribution is -2.26. The number of rotatable bonds is 2. The number of carboxylic acid groups (broad SMARTS) is 1. The van der Waals surface area contributed by atoms with E-state index < -0.39 is 5.97 Å². The van der Waals surface area contributed by atoms with Gasteiger partial charge in [0.2, 0.25) is 0 Å². The van der Waals surface area contributed by atoms with Gasteiger partial charge in [0.05, 0.1) is 16.6 Å². The second kappa shape index (κ2) is 4.48. The van der Waals surface area contributed by atoms with Crippen LogP contribution < -0.4 is 0 Å². The predicted molar refractivity (Wildman–Crippen MR) is 79.2 cm³/mol. The molecule has 0 fully saturated rings. The fraction of sp³-hybridized carbons (Fsp3) is 0.250. The number of hydrogen-bond acceptors (Lipinski definition) is 3. The molecular formula is C16H15N3O2. The number of hydrogen-bond donors (Lipinski definition) is 1. The molecule has 2 aliphatic rings. The van der Waals surface area contributed by atoms with Crippen molar-refractivity contribution in [2.45, 2.75) is 13.0 Å². The van der Waals surface area contributed by atoms with Gasteiger partial charge in [-0.25, -0.2) is 9.78 Å². The Balaban J connectivity index is 1.71. The highest BCUT2D eigenvalue weighted by Gasteiger charge is 2.19. The number of benzene rings is 1. The first-order valence-electron chi connectivity index (χ1n) is 7.08. The van der Waals surface area contributed by atoms with Crippen LogP contribution in [0.2, 0.25) is 0 Å². The van der Waals surface area contributed by atoms with E-state index in [2.05, 4.69) is 26.6 Å². The molecule has 2 heterocycles. The quantitative estimate of drug-likeness (QED) is 0.915. The lowest BCUT2D eigenvalue weighted by Gasteiger charge is -2.25. The molecule has 2 aromatic rings. The zero-order valence-electron chi connectivity index (χ0n) is 11.5. The summed E-state index contributed by atoms with van der Waals surface area (Å²) in [6, 6.07) is 5.15. The highest BCUT2D eigenvalue weighted by molar-refractivity contribution is 5.92. The van der Waals surface area contributed by atoms with Crippen LogP contribution >= 0.6 is 0 Å². The van der Waals surface area contributed by atoms with E-state index in [-0.39, 0.29) is 0 Å². The highest BCUT2D eigenvalue weighted by Crippen LogP contribution is 2.23. The van der Waals surface area contributed by atoms with E-state index in [1.54, 1.807) is 18.2 Å². The summed E-state index contributed by atoms with van der Waals surface area (Å²) in [5.74, 6) is 0.145. The minimum Gasteiger partial charge on any atom is -0.478 e. The summed E-state index contributed by atoms with van der Waals surface area (Å²) in [5, 5.41) is 9.14. The van der Waals surface area contributed by atoms with Crippen molar-refractivity contribution in [2.75, 3.05) is 13.1 Å². The van der Waals surface area contributed by atoms with Crippen molar-refractivity contribution in [1.82, 2.24) is 14.5 Å². The third-order valence-corrected chi connectivity index (χ3v) is 4.17. The number of nitrogens with zero attached hydrogens (tertiary/aromatic N) is 3. The fourth-order valence-corrected chi connectivity index (χ4v) is 2.96. The van der Waals surface area contributed by atoms with Gasteiger partial charge in [0, 0.05) is 31.8 Å². The second-order valence-electron chi connectivity index (χ2n) is 5.38. The predicted octanol–water partition coefficient (Wildman–Crippen LogP) is 2.05. The number of carbonyl (C=O) groups is 1. The summed E-state index contributed by atoms with van der Waals surface area (Å²) in [4.78, 5) is 18.1. The number of carboxylic acids is 1. The first-order chi connectivity index (χ1) is 10.2. The van der Waals surface area contributed by atoms with Crippen molar-refractivity contribution in [3.8, 4) is 0 Å². The molecule has 106 valence electrons. The van der Waals surface area contributed by atoms with Gasteiger partial charge in [-0.05, 0) is 30.4 Å². The molecule has 4 rings (SSSR count). The Morgan fingerprint density at radius 1 is 1.24 bits per heavy atom. The van der Waals surface area contributed by atoms with E-state index in [0.717, 1.165) is 42.9 Å². The van der Waals surface area contributed by atoms with Crippen molar-refractivity contribution < 1.29 is 9.90 Å². The minimum absolute atomic E-state index is 0.316. The molecule has 5 heteroatoms. The van der Waals surface area contributed by atoms with Crippen LogP contribution in [0.5, 0.6) is 0 Å². The topological polar surface area (TPSA) is 58.4 Å². The van der Waals surface area contributed by atoms with Gasteiger partial charge in [0.1, 0.15) is 5.82 Å². The molecule has 1 aromatic heterocycles. The molecule has 0 saturated carbocycles. The Morgan fingerprint density at radius 2 is 2.10 bits per heavy atom. The Kier molecular flexibility index (Phi) is 2.60. The number of fused-ring (bicyclic) bond motifs is 3. The molecule has 0 amide bonds. The molecule has 0 radical (unpaired) electrons. The lowest BCUT2D eigenvalue weighted by molar-refractivity contribution is 0.0697. The lowest BCUT2D eigenvalue weighted by atomic mass is 10.2. The SMILES string of the molecule is O=C(O)c1ccc2nc3n(c2c1)CCN(C1=CC=C1)CC3. The van der Waals surface area contributed by atoms with Crippen molar-refractivity contribution in [1.29, 1.82) is 0 Å². The van der Waals surface area contributed by atoms with E-state index in [9.17, 15) is 4.79 Å². The standard InChI is InChI=1S/C16H15N3O2/c20-16(21)11-4-5-13-14(10-11)19-9-8-18(12-2-1-3-12)7-6-15(19)17-13/h1-5,10H,6-9H2,(H,20,21). The molecule has 1 aliphatic heterocycles. The monoisotopic (exact) mass is 281 g/mol. The molecule has 0 saturated heterocycles. The maximum Gasteiger partial charge on any atom is 0.335 e. The van der Waals surface area contributed by atoms with E-state index >= 15 is 0 Å². The van der Waals surface area contributed by atoms with Crippen LogP contribution in [0.3, 0.4) is 0 Å². The smallest absolute Gasteiger partial charge is 0.335 e. The number of aromatic carboxylic acids is 1. The van der Waals surface area contributed by atoms with Crippen molar-refractivity contribution >= 4 is 17.0 Å². The Hall–Kier alpha value is -2.56. The molecule has 1 aromatic carbocycles. The van der Waals surface area contributed by atoms with Crippen LogP contribution in [0, 0.1) is 0 Å². The van der Waals surface area contributed by atoms with E-state index in [4.69, 9.17) is 5.11 Å². The molecule has 0 atom stereocenters.